The van der Waals surface area contributed by atoms with Crippen molar-refractivity contribution < 1.29 is 19.1 Å². The summed E-state index contributed by atoms with van der Waals surface area (Å²) in [5.41, 5.74) is 2.26. The second-order valence-electron chi connectivity index (χ2n) is 8.06. The molecule has 2 aromatic rings. The number of hydrogen-bond acceptors (Lipinski definition) is 5. The smallest absolute Gasteiger partial charge is 0.262 e. The molecule has 1 atom stereocenters. The Morgan fingerprint density at radius 1 is 1.16 bits per heavy atom. The molecule has 0 radical (unpaired) electrons. The van der Waals surface area contributed by atoms with Crippen LogP contribution in [0.2, 0.25) is 5.02 Å². The van der Waals surface area contributed by atoms with Gasteiger partial charge in [-0.05, 0) is 37.1 Å². The molecule has 0 unspecified atom stereocenters. The monoisotopic (exact) mass is 455 g/mol. The van der Waals surface area contributed by atoms with Crippen molar-refractivity contribution in [2.45, 2.75) is 25.3 Å². The van der Waals surface area contributed by atoms with Crippen molar-refractivity contribution in [3.05, 3.63) is 58.6 Å². The Morgan fingerprint density at radius 2 is 1.91 bits per heavy atom. The van der Waals surface area contributed by atoms with Crippen molar-refractivity contribution in [1.82, 2.24) is 9.91 Å². The highest BCUT2D eigenvalue weighted by molar-refractivity contribution is 6.34. The van der Waals surface area contributed by atoms with Crippen LogP contribution in [-0.4, -0.2) is 55.2 Å². The summed E-state index contributed by atoms with van der Waals surface area (Å²) in [4.78, 5) is 27.2. The lowest BCUT2D eigenvalue weighted by Gasteiger charge is -2.26. The first-order valence-electron chi connectivity index (χ1n) is 10.5. The van der Waals surface area contributed by atoms with Crippen molar-refractivity contribution in [3.63, 3.8) is 0 Å². The molecular weight excluding hydrogens is 430 g/mol. The molecule has 1 fully saturated rings. The molecule has 0 N–H and O–H groups in total. The van der Waals surface area contributed by atoms with Crippen LogP contribution < -0.4 is 9.47 Å². The number of benzene rings is 2. The molecular formula is C24H26ClN3O4. The number of nitrogens with zero attached hydrogens (tertiary/aromatic N) is 3. The topological polar surface area (TPSA) is 71.4 Å². The molecule has 168 valence electrons. The van der Waals surface area contributed by atoms with Crippen LogP contribution in [0.25, 0.3) is 0 Å². The van der Waals surface area contributed by atoms with E-state index >= 15 is 0 Å². The Bertz CT molecular complexity index is 1070. The van der Waals surface area contributed by atoms with E-state index in [9.17, 15) is 9.59 Å². The number of carbonyl (C=O) groups excluding carboxylic acids is 2. The fourth-order valence-electron chi connectivity index (χ4n) is 3.94. The number of ether oxygens (including phenoxy) is 2. The molecule has 4 rings (SSSR count). The van der Waals surface area contributed by atoms with Crippen LogP contribution in [0.1, 0.15) is 36.4 Å². The molecule has 1 aliphatic heterocycles. The zero-order chi connectivity index (χ0) is 22.8. The Labute approximate surface area is 192 Å². The van der Waals surface area contributed by atoms with Crippen molar-refractivity contribution in [1.29, 1.82) is 0 Å². The zero-order valence-electron chi connectivity index (χ0n) is 18.4. The van der Waals surface area contributed by atoms with E-state index in [1.54, 1.807) is 33.4 Å². The fraction of sp³-hybridized carbons (Fsp3) is 0.375. The van der Waals surface area contributed by atoms with E-state index in [2.05, 4.69) is 5.10 Å². The van der Waals surface area contributed by atoms with Gasteiger partial charge in [-0.25, -0.2) is 5.01 Å². The molecule has 8 heteroatoms. The van der Waals surface area contributed by atoms with E-state index in [-0.39, 0.29) is 24.3 Å². The predicted octanol–water partition coefficient (Wildman–Crippen LogP) is 3.90. The number of rotatable bonds is 7. The van der Waals surface area contributed by atoms with Gasteiger partial charge in [0, 0.05) is 35.5 Å². The minimum absolute atomic E-state index is 0.00312. The van der Waals surface area contributed by atoms with Crippen LogP contribution in [0, 0.1) is 5.92 Å². The molecule has 0 aromatic heterocycles. The first-order chi connectivity index (χ1) is 15.4. The van der Waals surface area contributed by atoms with Crippen LogP contribution in [0.4, 0.5) is 0 Å². The van der Waals surface area contributed by atoms with E-state index in [0.717, 1.165) is 24.0 Å². The zero-order valence-corrected chi connectivity index (χ0v) is 19.1. The third-order valence-electron chi connectivity index (χ3n) is 5.82. The van der Waals surface area contributed by atoms with Gasteiger partial charge in [0.25, 0.3) is 5.91 Å². The molecule has 2 aromatic carbocycles. The Kier molecular flexibility index (Phi) is 6.37. The van der Waals surface area contributed by atoms with E-state index in [1.807, 2.05) is 30.3 Å². The molecule has 2 aliphatic rings. The second-order valence-corrected chi connectivity index (χ2v) is 8.47. The van der Waals surface area contributed by atoms with Gasteiger partial charge in [-0.1, -0.05) is 29.8 Å². The lowest BCUT2D eigenvalue weighted by atomic mass is 9.97. The van der Waals surface area contributed by atoms with Gasteiger partial charge in [-0.3, -0.25) is 9.59 Å². The summed E-state index contributed by atoms with van der Waals surface area (Å²) < 4.78 is 11.0. The maximum absolute atomic E-state index is 13.3. The largest absolute Gasteiger partial charge is 0.497 e. The molecule has 32 heavy (non-hydrogen) atoms. The number of methoxy groups -OCH3 is 2. The van der Waals surface area contributed by atoms with Gasteiger partial charge in [-0.2, -0.15) is 5.10 Å². The molecule has 1 heterocycles. The normalized spacial score (nSPS) is 17.7. The summed E-state index contributed by atoms with van der Waals surface area (Å²) in [6.07, 6.45) is 2.23. The third kappa shape index (κ3) is 4.43. The summed E-state index contributed by atoms with van der Waals surface area (Å²) in [6.45, 7) is -0.0442. The lowest BCUT2D eigenvalue weighted by Crippen LogP contribution is -2.39. The van der Waals surface area contributed by atoms with Gasteiger partial charge >= 0.3 is 0 Å². The quantitative estimate of drug-likeness (QED) is 0.634. The summed E-state index contributed by atoms with van der Waals surface area (Å²) in [7, 11) is 4.84. The lowest BCUT2D eigenvalue weighted by molar-refractivity contribution is -0.141. The van der Waals surface area contributed by atoms with E-state index in [4.69, 9.17) is 21.1 Å². The standard InChI is InChI=1S/C24H26ClN3O4/c1-27(24(30)15-8-9-15)14-23(29)28-21(18-12-16(31-2)10-11-22(18)32-3)13-20(26-28)17-6-4-5-7-19(17)25/h4-7,10-12,15,21H,8-9,13-14H2,1-3H3/t21-/m0/s1. The molecule has 1 aliphatic carbocycles. The van der Waals surface area contributed by atoms with Gasteiger partial charge in [0.15, 0.2) is 0 Å². The van der Waals surface area contributed by atoms with Gasteiger partial charge < -0.3 is 14.4 Å². The van der Waals surface area contributed by atoms with Crippen molar-refractivity contribution in [2.75, 3.05) is 27.8 Å². The van der Waals surface area contributed by atoms with E-state index < -0.39 is 6.04 Å². The van der Waals surface area contributed by atoms with Crippen LogP contribution in [0.3, 0.4) is 0 Å². The maximum atomic E-state index is 13.3. The number of halogens is 1. The molecule has 0 saturated heterocycles. The summed E-state index contributed by atoms with van der Waals surface area (Å²) >= 11 is 6.42. The van der Waals surface area contributed by atoms with Gasteiger partial charge in [0.1, 0.15) is 18.0 Å². The minimum Gasteiger partial charge on any atom is -0.497 e. The Balaban J connectivity index is 1.69. The summed E-state index contributed by atoms with van der Waals surface area (Å²) in [5, 5.41) is 6.68. The van der Waals surface area contributed by atoms with Crippen molar-refractivity contribution >= 4 is 29.1 Å². The van der Waals surface area contributed by atoms with Gasteiger partial charge in [0.05, 0.1) is 26.0 Å². The second kappa shape index (κ2) is 9.20. The molecule has 2 amide bonds. The molecule has 0 spiro atoms. The SMILES string of the molecule is COc1ccc(OC)c([C@@H]2CC(c3ccccc3Cl)=NN2C(=O)CN(C)C(=O)C2CC2)c1. The molecule has 1 saturated carbocycles. The van der Waals surface area contributed by atoms with Crippen molar-refractivity contribution in [3.8, 4) is 11.5 Å². The van der Waals surface area contributed by atoms with E-state index in [1.165, 1.54) is 9.91 Å². The maximum Gasteiger partial charge on any atom is 0.262 e. The fourth-order valence-corrected chi connectivity index (χ4v) is 4.18. The molecule has 0 bridgehead atoms. The highest BCUT2D eigenvalue weighted by Gasteiger charge is 2.38. The Morgan fingerprint density at radius 3 is 2.56 bits per heavy atom. The number of hydrazone groups is 1. The first kappa shape index (κ1) is 22.1. The van der Waals surface area contributed by atoms with Crippen LogP contribution in [-0.2, 0) is 9.59 Å². The van der Waals surface area contributed by atoms with Crippen molar-refractivity contribution in [2.24, 2.45) is 11.0 Å². The average molecular weight is 456 g/mol. The number of amides is 2. The highest BCUT2D eigenvalue weighted by Crippen LogP contribution is 2.40. The number of carbonyl (C=O) groups is 2. The number of hydrogen-bond donors (Lipinski definition) is 0. The third-order valence-corrected chi connectivity index (χ3v) is 6.15. The van der Waals surface area contributed by atoms with Crippen LogP contribution >= 0.6 is 11.6 Å². The van der Waals surface area contributed by atoms with Crippen LogP contribution in [0.5, 0.6) is 11.5 Å². The average Bonchev–Trinajstić information content (AvgIpc) is 3.56. The van der Waals surface area contributed by atoms with Crippen LogP contribution in [0.15, 0.2) is 47.6 Å². The van der Waals surface area contributed by atoms with Gasteiger partial charge in [-0.15, -0.1) is 0 Å². The molecule has 7 nitrogen and oxygen atoms in total. The summed E-state index contributed by atoms with van der Waals surface area (Å²) in [5.74, 6) is 1.07. The number of likely N-dealkylation sites (N-methyl/N-ethyl adjacent to an activating group) is 1. The first-order valence-corrected chi connectivity index (χ1v) is 10.9. The predicted molar refractivity (Wildman–Crippen MR) is 122 cm³/mol. The summed E-state index contributed by atoms with van der Waals surface area (Å²) in [6, 6.07) is 12.5. The van der Waals surface area contributed by atoms with Gasteiger partial charge in [0.2, 0.25) is 5.91 Å². The minimum atomic E-state index is -0.414. The van der Waals surface area contributed by atoms with E-state index in [0.29, 0.717) is 28.7 Å². The Hall–Kier alpha value is -3.06. The highest BCUT2D eigenvalue weighted by atomic mass is 35.5.